The largest absolute Gasteiger partial charge is 0.387 e. The summed E-state index contributed by atoms with van der Waals surface area (Å²) in [4.78, 5) is 0. The van der Waals surface area contributed by atoms with Crippen molar-refractivity contribution in [3.63, 3.8) is 0 Å². The van der Waals surface area contributed by atoms with Gasteiger partial charge in [0.15, 0.2) is 0 Å². The summed E-state index contributed by atoms with van der Waals surface area (Å²) in [6, 6.07) is 18.2. The lowest BCUT2D eigenvalue weighted by Crippen LogP contribution is -2.16. The second kappa shape index (κ2) is 5.62. The van der Waals surface area contributed by atoms with Gasteiger partial charge >= 0.3 is 0 Å². The number of nitrogens with one attached hydrogen (secondary N) is 1. The van der Waals surface area contributed by atoms with Gasteiger partial charge in [0.1, 0.15) is 0 Å². The lowest BCUT2D eigenvalue weighted by Gasteiger charge is -2.11. The third-order valence-electron chi connectivity index (χ3n) is 2.78. The molecule has 0 amide bonds. The van der Waals surface area contributed by atoms with Crippen molar-refractivity contribution in [1.29, 1.82) is 0 Å². The number of likely N-dealkylation sites (N-methyl/N-ethyl adjacent to an activating group) is 1. The first-order valence-corrected chi connectivity index (χ1v) is 5.79. The molecule has 2 nitrogen and oxygen atoms in total. The first-order chi connectivity index (χ1) is 8.31. The number of rotatable bonds is 4. The highest BCUT2D eigenvalue weighted by Gasteiger charge is 2.07. The second-order valence-electron chi connectivity index (χ2n) is 4.06. The van der Waals surface area contributed by atoms with Crippen molar-refractivity contribution in [2.75, 3.05) is 13.6 Å². The fourth-order valence-corrected chi connectivity index (χ4v) is 1.87. The molecule has 0 bridgehead atoms. The molecule has 88 valence electrons. The maximum Gasteiger partial charge on any atom is 0.0914 e. The SMILES string of the molecule is CNCC(O)c1cccc(-c2ccccc2)c1. The van der Waals surface area contributed by atoms with Crippen LogP contribution in [0, 0.1) is 0 Å². The lowest BCUT2D eigenvalue weighted by molar-refractivity contribution is 0.178. The van der Waals surface area contributed by atoms with E-state index in [0.717, 1.165) is 11.1 Å². The van der Waals surface area contributed by atoms with Crippen molar-refractivity contribution >= 4 is 0 Å². The number of hydrogen-bond donors (Lipinski definition) is 2. The quantitative estimate of drug-likeness (QED) is 0.841. The van der Waals surface area contributed by atoms with Gasteiger partial charge in [-0.05, 0) is 29.8 Å². The molecule has 17 heavy (non-hydrogen) atoms. The molecule has 2 aromatic carbocycles. The van der Waals surface area contributed by atoms with E-state index in [2.05, 4.69) is 23.5 Å². The summed E-state index contributed by atoms with van der Waals surface area (Å²) in [7, 11) is 1.84. The molecule has 0 radical (unpaired) electrons. The van der Waals surface area contributed by atoms with Crippen molar-refractivity contribution in [2.45, 2.75) is 6.10 Å². The zero-order chi connectivity index (χ0) is 12.1. The summed E-state index contributed by atoms with van der Waals surface area (Å²) >= 11 is 0. The molecule has 0 fully saturated rings. The molecule has 0 spiro atoms. The fraction of sp³-hybridized carbons (Fsp3) is 0.200. The van der Waals surface area contributed by atoms with Gasteiger partial charge < -0.3 is 10.4 Å². The smallest absolute Gasteiger partial charge is 0.0914 e. The van der Waals surface area contributed by atoms with Crippen LogP contribution in [0.15, 0.2) is 54.6 Å². The predicted molar refractivity (Wildman–Crippen MR) is 70.8 cm³/mol. The minimum atomic E-state index is -0.455. The normalized spacial score (nSPS) is 12.4. The number of hydrogen-bond acceptors (Lipinski definition) is 2. The zero-order valence-electron chi connectivity index (χ0n) is 9.93. The van der Waals surface area contributed by atoms with Gasteiger partial charge in [0, 0.05) is 6.54 Å². The van der Waals surface area contributed by atoms with Gasteiger partial charge in [0.2, 0.25) is 0 Å². The van der Waals surface area contributed by atoms with Crippen molar-refractivity contribution in [1.82, 2.24) is 5.32 Å². The van der Waals surface area contributed by atoms with E-state index in [1.807, 2.05) is 43.4 Å². The van der Waals surface area contributed by atoms with Crippen molar-refractivity contribution in [2.24, 2.45) is 0 Å². The molecule has 0 aromatic heterocycles. The average molecular weight is 227 g/mol. The molecule has 2 aromatic rings. The number of aliphatic hydroxyl groups excluding tert-OH is 1. The lowest BCUT2D eigenvalue weighted by atomic mass is 10.0. The molecule has 2 N–H and O–H groups in total. The van der Waals surface area contributed by atoms with E-state index < -0.39 is 6.10 Å². The van der Waals surface area contributed by atoms with E-state index in [1.165, 1.54) is 5.56 Å². The molecule has 0 saturated carbocycles. The van der Waals surface area contributed by atoms with Gasteiger partial charge in [-0.25, -0.2) is 0 Å². The Balaban J connectivity index is 2.29. The summed E-state index contributed by atoms with van der Waals surface area (Å²) < 4.78 is 0. The number of aliphatic hydroxyl groups is 1. The molecule has 1 atom stereocenters. The van der Waals surface area contributed by atoms with Crippen LogP contribution < -0.4 is 5.32 Å². The Morgan fingerprint density at radius 2 is 1.71 bits per heavy atom. The molecule has 2 heteroatoms. The third kappa shape index (κ3) is 2.93. The predicted octanol–water partition coefficient (Wildman–Crippen LogP) is 2.61. The van der Waals surface area contributed by atoms with Crippen LogP contribution in [0.3, 0.4) is 0 Å². The van der Waals surface area contributed by atoms with Gasteiger partial charge in [0.05, 0.1) is 6.10 Å². The Kier molecular flexibility index (Phi) is 3.91. The third-order valence-corrected chi connectivity index (χ3v) is 2.78. The summed E-state index contributed by atoms with van der Waals surface area (Å²) in [5.41, 5.74) is 3.25. The van der Waals surface area contributed by atoms with E-state index in [-0.39, 0.29) is 0 Å². The van der Waals surface area contributed by atoms with E-state index >= 15 is 0 Å². The van der Waals surface area contributed by atoms with Crippen LogP contribution in [-0.4, -0.2) is 18.7 Å². The highest BCUT2D eigenvalue weighted by atomic mass is 16.3. The van der Waals surface area contributed by atoms with Crippen molar-refractivity contribution in [3.8, 4) is 11.1 Å². The summed E-state index contributed by atoms with van der Waals surface area (Å²) in [6.45, 7) is 0.568. The topological polar surface area (TPSA) is 32.3 Å². The molecule has 2 rings (SSSR count). The Labute approximate surface area is 102 Å². The monoisotopic (exact) mass is 227 g/mol. The fourth-order valence-electron chi connectivity index (χ4n) is 1.87. The molecule has 0 saturated heterocycles. The molecule has 1 unspecified atom stereocenters. The van der Waals surface area contributed by atoms with Crippen LogP contribution in [0.2, 0.25) is 0 Å². The van der Waals surface area contributed by atoms with Crippen LogP contribution >= 0.6 is 0 Å². The first-order valence-electron chi connectivity index (χ1n) is 5.79. The Morgan fingerprint density at radius 1 is 1.00 bits per heavy atom. The molecule has 0 aliphatic rings. The number of benzene rings is 2. The molecule has 0 aliphatic heterocycles. The average Bonchev–Trinajstić information content (AvgIpc) is 2.40. The minimum absolute atomic E-state index is 0.455. The highest BCUT2D eigenvalue weighted by Crippen LogP contribution is 2.22. The van der Waals surface area contributed by atoms with Crippen molar-refractivity contribution < 1.29 is 5.11 Å². The van der Waals surface area contributed by atoms with E-state index in [0.29, 0.717) is 6.54 Å². The van der Waals surface area contributed by atoms with Crippen LogP contribution in [0.4, 0.5) is 0 Å². The van der Waals surface area contributed by atoms with E-state index in [4.69, 9.17) is 0 Å². The van der Waals surface area contributed by atoms with Crippen LogP contribution in [0.5, 0.6) is 0 Å². The maximum absolute atomic E-state index is 9.93. The van der Waals surface area contributed by atoms with Crippen molar-refractivity contribution in [3.05, 3.63) is 60.2 Å². The van der Waals surface area contributed by atoms with Crippen LogP contribution in [-0.2, 0) is 0 Å². The minimum Gasteiger partial charge on any atom is -0.387 e. The summed E-state index contributed by atoms with van der Waals surface area (Å²) in [6.07, 6.45) is -0.455. The maximum atomic E-state index is 9.93. The second-order valence-corrected chi connectivity index (χ2v) is 4.06. The highest BCUT2D eigenvalue weighted by molar-refractivity contribution is 5.64. The first kappa shape index (κ1) is 11.8. The Morgan fingerprint density at radius 3 is 2.41 bits per heavy atom. The van der Waals surface area contributed by atoms with Crippen LogP contribution in [0.25, 0.3) is 11.1 Å². The summed E-state index contributed by atoms with van der Waals surface area (Å²) in [5, 5.41) is 12.9. The van der Waals surface area contributed by atoms with Gasteiger partial charge in [-0.1, -0.05) is 48.5 Å². The van der Waals surface area contributed by atoms with E-state index in [1.54, 1.807) is 0 Å². The zero-order valence-corrected chi connectivity index (χ0v) is 9.93. The van der Waals surface area contributed by atoms with E-state index in [9.17, 15) is 5.11 Å². The van der Waals surface area contributed by atoms with Gasteiger partial charge in [-0.2, -0.15) is 0 Å². The van der Waals surface area contributed by atoms with Gasteiger partial charge in [-0.3, -0.25) is 0 Å². The van der Waals surface area contributed by atoms with Gasteiger partial charge in [0.25, 0.3) is 0 Å². The Hall–Kier alpha value is -1.64. The Bertz CT molecular complexity index is 467. The summed E-state index contributed by atoms with van der Waals surface area (Å²) in [5.74, 6) is 0. The van der Waals surface area contributed by atoms with Gasteiger partial charge in [-0.15, -0.1) is 0 Å². The van der Waals surface area contributed by atoms with Crippen LogP contribution in [0.1, 0.15) is 11.7 Å². The standard InChI is InChI=1S/C15H17NO/c1-16-11-15(17)14-9-5-8-13(10-14)12-6-3-2-4-7-12/h2-10,15-17H,11H2,1H3. The molecule has 0 heterocycles. The molecule has 0 aliphatic carbocycles. The molecular weight excluding hydrogens is 210 g/mol. The molecular formula is C15H17NO.